The second kappa shape index (κ2) is 8.03. The van der Waals surface area contributed by atoms with Crippen molar-refractivity contribution in [1.29, 1.82) is 0 Å². The average molecular weight is 360 g/mol. The number of urea groups is 1. The van der Waals surface area contributed by atoms with E-state index in [0.29, 0.717) is 24.4 Å². The van der Waals surface area contributed by atoms with Gasteiger partial charge in [-0.25, -0.2) is 19.3 Å². The molecule has 0 aromatic heterocycles. The lowest BCUT2D eigenvalue weighted by atomic mass is 10.1. The van der Waals surface area contributed by atoms with E-state index in [1.165, 1.54) is 11.0 Å². The molecular weight excluding hydrogens is 336 g/mol. The van der Waals surface area contributed by atoms with E-state index in [0.717, 1.165) is 4.90 Å². The molecule has 1 heterocycles. The number of hydrogen-bond acceptors (Lipinski definition) is 5. The number of rotatable bonds is 4. The quantitative estimate of drug-likeness (QED) is 0.607. The smallest absolute Gasteiger partial charge is 0.418 e. The van der Waals surface area contributed by atoms with Crippen molar-refractivity contribution in [3.05, 3.63) is 35.9 Å². The number of nitrogens with zero attached hydrogens (tertiary/aromatic N) is 2. The third-order valence-corrected chi connectivity index (χ3v) is 3.54. The van der Waals surface area contributed by atoms with E-state index in [4.69, 9.17) is 9.47 Å². The number of anilines is 1. The lowest BCUT2D eigenvalue weighted by Crippen LogP contribution is -2.40. The van der Waals surface area contributed by atoms with E-state index < -0.39 is 23.7 Å². The zero-order valence-corrected chi connectivity index (χ0v) is 15.5. The number of ether oxygens (including phenoxy) is 2. The molecular formula is C19H24N2O5. The van der Waals surface area contributed by atoms with Gasteiger partial charge >= 0.3 is 18.1 Å². The number of amides is 3. The van der Waals surface area contributed by atoms with Crippen LogP contribution in [-0.4, -0.2) is 48.3 Å². The van der Waals surface area contributed by atoms with E-state index in [1.807, 2.05) is 0 Å². The molecule has 0 saturated carbocycles. The van der Waals surface area contributed by atoms with Crippen molar-refractivity contribution in [1.82, 2.24) is 4.90 Å². The number of benzene rings is 1. The van der Waals surface area contributed by atoms with Gasteiger partial charge in [0.1, 0.15) is 5.60 Å². The molecule has 1 aliphatic rings. The van der Waals surface area contributed by atoms with Crippen LogP contribution in [0, 0.1) is 0 Å². The summed E-state index contributed by atoms with van der Waals surface area (Å²) in [6, 6.07) is 6.70. The summed E-state index contributed by atoms with van der Waals surface area (Å²) in [5.74, 6) is -0.453. The molecule has 0 spiro atoms. The van der Waals surface area contributed by atoms with Crippen molar-refractivity contribution < 1.29 is 23.9 Å². The number of imide groups is 1. The Bertz CT molecular complexity index is 721. The van der Waals surface area contributed by atoms with Crippen molar-refractivity contribution in [2.45, 2.75) is 33.3 Å². The Hall–Kier alpha value is -2.83. The van der Waals surface area contributed by atoms with Crippen LogP contribution < -0.4 is 4.90 Å². The van der Waals surface area contributed by atoms with Crippen LogP contribution in [0.4, 0.5) is 15.3 Å². The molecule has 0 unspecified atom stereocenters. The Kier molecular flexibility index (Phi) is 6.02. The normalized spacial score (nSPS) is 14.8. The van der Waals surface area contributed by atoms with E-state index >= 15 is 0 Å². The minimum Gasteiger partial charge on any atom is -0.463 e. The van der Waals surface area contributed by atoms with Gasteiger partial charge in [-0.3, -0.25) is 4.90 Å². The molecule has 0 atom stereocenters. The van der Waals surface area contributed by atoms with Gasteiger partial charge in [0.2, 0.25) is 0 Å². The van der Waals surface area contributed by atoms with Gasteiger partial charge in [-0.05, 0) is 45.4 Å². The molecule has 0 radical (unpaired) electrons. The molecule has 3 amide bonds. The summed E-state index contributed by atoms with van der Waals surface area (Å²) < 4.78 is 10.1. The van der Waals surface area contributed by atoms with Crippen molar-refractivity contribution in [3.8, 4) is 0 Å². The summed E-state index contributed by atoms with van der Waals surface area (Å²) in [4.78, 5) is 39.0. The molecule has 1 fully saturated rings. The predicted molar refractivity (Wildman–Crippen MR) is 97.8 cm³/mol. The summed E-state index contributed by atoms with van der Waals surface area (Å²) in [6.07, 6.45) is 2.25. The molecule has 1 aliphatic heterocycles. The van der Waals surface area contributed by atoms with Crippen LogP contribution in [0.1, 0.15) is 33.3 Å². The van der Waals surface area contributed by atoms with Crippen LogP contribution in [0.5, 0.6) is 0 Å². The van der Waals surface area contributed by atoms with Gasteiger partial charge in [0.25, 0.3) is 0 Å². The Balaban J connectivity index is 2.18. The van der Waals surface area contributed by atoms with E-state index in [1.54, 1.807) is 58.0 Å². The lowest BCUT2D eigenvalue weighted by Gasteiger charge is -2.24. The molecule has 140 valence electrons. The van der Waals surface area contributed by atoms with Crippen LogP contribution in [0.15, 0.2) is 30.3 Å². The molecule has 0 bridgehead atoms. The van der Waals surface area contributed by atoms with Crippen LogP contribution in [0.3, 0.4) is 0 Å². The summed E-state index contributed by atoms with van der Waals surface area (Å²) in [5, 5.41) is 0. The van der Waals surface area contributed by atoms with Gasteiger partial charge in [0, 0.05) is 12.6 Å². The summed E-state index contributed by atoms with van der Waals surface area (Å²) >= 11 is 0. The van der Waals surface area contributed by atoms with Gasteiger partial charge < -0.3 is 9.47 Å². The molecule has 7 nitrogen and oxygen atoms in total. The van der Waals surface area contributed by atoms with Gasteiger partial charge in [-0.1, -0.05) is 18.2 Å². The highest BCUT2D eigenvalue weighted by Gasteiger charge is 2.37. The highest BCUT2D eigenvalue weighted by molar-refractivity contribution is 6.04. The number of carbonyl (C=O) groups excluding carboxylic acids is 3. The first-order valence-electron chi connectivity index (χ1n) is 8.49. The monoisotopic (exact) mass is 360 g/mol. The Labute approximate surface area is 153 Å². The molecule has 1 aromatic rings. The first-order valence-corrected chi connectivity index (χ1v) is 8.49. The van der Waals surface area contributed by atoms with Gasteiger partial charge in [0.05, 0.1) is 18.8 Å². The maximum atomic E-state index is 12.7. The number of carbonyl (C=O) groups is 3. The number of hydrogen-bond donors (Lipinski definition) is 0. The maximum Gasteiger partial charge on any atom is 0.418 e. The highest BCUT2D eigenvalue weighted by Crippen LogP contribution is 2.26. The highest BCUT2D eigenvalue weighted by atomic mass is 16.6. The molecule has 1 aromatic carbocycles. The summed E-state index contributed by atoms with van der Waals surface area (Å²) in [6.45, 7) is 7.86. The standard InChI is InChI=1S/C19H24N2O5/c1-5-25-16(22)11-10-14-8-6-7-9-15(14)20-12-13-21(17(20)23)18(24)26-19(2,3)4/h6-11H,5,12-13H2,1-4H3/b11-10+. The fraction of sp³-hybridized carbons (Fsp3) is 0.421. The van der Waals surface area contributed by atoms with Crippen molar-refractivity contribution >= 4 is 29.9 Å². The maximum absolute atomic E-state index is 12.7. The zero-order valence-electron chi connectivity index (χ0n) is 15.5. The van der Waals surface area contributed by atoms with E-state index in [-0.39, 0.29) is 6.54 Å². The first kappa shape index (κ1) is 19.5. The van der Waals surface area contributed by atoms with Crippen molar-refractivity contribution in [2.24, 2.45) is 0 Å². The molecule has 0 N–H and O–H groups in total. The Morgan fingerprint density at radius 3 is 2.54 bits per heavy atom. The number of esters is 1. The van der Waals surface area contributed by atoms with Gasteiger partial charge in [-0.15, -0.1) is 0 Å². The third kappa shape index (κ3) is 4.84. The Morgan fingerprint density at radius 2 is 1.88 bits per heavy atom. The Morgan fingerprint density at radius 1 is 1.19 bits per heavy atom. The molecule has 26 heavy (non-hydrogen) atoms. The second-order valence-corrected chi connectivity index (χ2v) is 6.71. The minimum atomic E-state index is -0.676. The molecule has 2 rings (SSSR count). The van der Waals surface area contributed by atoms with Gasteiger partial charge in [0.15, 0.2) is 0 Å². The predicted octanol–water partition coefficient (Wildman–Crippen LogP) is 3.44. The van der Waals surface area contributed by atoms with E-state index in [2.05, 4.69) is 0 Å². The SMILES string of the molecule is CCOC(=O)/C=C/c1ccccc1N1CCN(C(=O)OC(C)(C)C)C1=O. The van der Waals surface area contributed by atoms with Crippen LogP contribution in [0.25, 0.3) is 6.08 Å². The van der Waals surface area contributed by atoms with E-state index in [9.17, 15) is 14.4 Å². The summed E-state index contributed by atoms with van der Waals surface area (Å²) in [7, 11) is 0. The van der Waals surface area contributed by atoms with Crippen LogP contribution in [0.2, 0.25) is 0 Å². The molecule has 1 saturated heterocycles. The topological polar surface area (TPSA) is 76.2 Å². The van der Waals surface area contributed by atoms with Crippen LogP contribution >= 0.6 is 0 Å². The average Bonchev–Trinajstić information content (AvgIpc) is 2.93. The fourth-order valence-corrected chi connectivity index (χ4v) is 2.47. The second-order valence-electron chi connectivity index (χ2n) is 6.71. The zero-order chi connectivity index (χ0) is 19.3. The first-order chi connectivity index (χ1) is 12.2. The third-order valence-electron chi connectivity index (χ3n) is 3.54. The van der Waals surface area contributed by atoms with Crippen LogP contribution in [-0.2, 0) is 14.3 Å². The summed E-state index contributed by atoms with van der Waals surface area (Å²) in [5.41, 5.74) is 0.620. The lowest BCUT2D eigenvalue weighted by molar-refractivity contribution is -0.137. The molecule has 0 aliphatic carbocycles. The minimum absolute atomic E-state index is 0.240. The molecule has 7 heteroatoms. The van der Waals surface area contributed by atoms with Gasteiger partial charge in [-0.2, -0.15) is 0 Å². The van der Waals surface area contributed by atoms with Crippen molar-refractivity contribution in [3.63, 3.8) is 0 Å². The van der Waals surface area contributed by atoms with Crippen molar-refractivity contribution in [2.75, 3.05) is 24.6 Å². The fourth-order valence-electron chi connectivity index (χ4n) is 2.47. The largest absolute Gasteiger partial charge is 0.463 e. The number of para-hydroxylation sites is 1.